The number of nitrogens with zero attached hydrogens (tertiary/aromatic N) is 2. The Morgan fingerprint density at radius 2 is 1.69 bits per heavy atom. The van der Waals surface area contributed by atoms with E-state index in [1.165, 1.54) is 4.57 Å². The molecule has 9 nitrogen and oxygen atoms in total. The summed E-state index contributed by atoms with van der Waals surface area (Å²) < 4.78 is 6.47. The van der Waals surface area contributed by atoms with Crippen molar-refractivity contribution in [2.75, 3.05) is 26.7 Å². The van der Waals surface area contributed by atoms with E-state index < -0.39 is 11.8 Å². The molecule has 1 aliphatic heterocycles. The smallest absolute Gasteiger partial charge is 0.309 e. The lowest BCUT2D eigenvalue weighted by atomic mass is 9.96. The van der Waals surface area contributed by atoms with Crippen LogP contribution in [0.5, 0.6) is 5.75 Å². The molecule has 3 amide bonds. The first kappa shape index (κ1) is 23.1. The number of aryl methyl sites for hydroxylation is 1. The van der Waals surface area contributed by atoms with Crippen LogP contribution in [0, 0.1) is 5.92 Å². The molecule has 2 aromatic rings. The predicted octanol–water partition coefficient (Wildman–Crippen LogP) is 0.679. The van der Waals surface area contributed by atoms with Gasteiger partial charge in [0.1, 0.15) is 11.3 Å². The van der Waals surface area contributed by atoms with E-state index >= 15 is 0 Å². The normalized spacial score (nSPS) is 14.0. The Balaban J connectivity index is 1.40. The summed E-state index contributed by atoms with van der Waals surface area (Å²) in [6.07, 6.45) is 2.99. The Hall–Kier alpha value is -3.62. The first-order valence-corrected chi connectivity index (χ1v) is 10.5. The largest absolute Gasteiger partial charge is 0.497 e. The van der Waals surface area contributed by atoms with Crippen molar-refractivity contribution in [2.24, 2.45) is 13.0 Å². The highest BCUT2D eigenvalue weighted by atomic mass is 16.5. The van der Waals surface area contributed by atoms with Crippen LogP contribution >= 0.6 is 0 Å². The lowest BCUT2D eigenvalue weighted by molar-refractivity contribution is -0.139. The molecule has 170 valence electrons. The van der Waals surface area contributed by atoms with Gasteiger partial charge in [-0.1, -0.05) is 12.1 Å². The van der Waals surface area contributed by atoms with E-state index in [1.807, 2.05) is 12.1 Å². The van der Waals surface area contributed by atoms with Crippen LogP contribution < -0.4 is 20.9 Å². The molecule has 2 heterocycles. The van der Waals surface area contributed by atoms with Gasteiger partial charge in [-0.15, -0.1) is 0 Å². The van der Waals surface area contributed by atoms with Gasteiger partial charge in [-0.05, 0) is 48.6 Å². The topological polar surface area (TPSA) is 110 Å². The number of benzene rings is 1. The van der Waals surface area contributed by atoms with Crippen molar-refractivity contribution < 1.29 is 19.1 Å². The molecule has 0 unspecified atom stereocenters. The van der Waals surface area contributed by atoms with Gasteiger partial charge in [-0.3, -0.25) is 19.2 Å². The van der Waals surface area contributed by atoms with E-state index in [9.17, 15) is 19.2 Å². The summed E-state index contributed by atoms with van der Waals surface area (Å²) >= 11 is 0. The van der Waals surface area contributed by atoms with Crippen LogP contribution in [0.1, 0.15) is 28.8 Å². The second-order valence-corrected chi connectivity index (χ2v) is 7.81. The molecule has 0 bridgehead atoms. The number of hydrogen-bond donors (Lipinski definition) is 2. The average Bonchev–Trinajstić information content (AvgIpc) is 2.83. The average molecular weight is 441 g/mol. The number of pyridine rings is 1. The van der Waals surface area contributed by atoms with Crippen LogP contribution in [-0.2, 0) is 23.2 Å². The second-order valence-electron chi connectivity index (χ2n) is 7.81. The van der Waals surface area contributed by atoms with Gasteiger partial charge in [0.15, 0.2) is 0 Å². The zero-order valence-electron chi connectivity index (χ0n) is 18.3. The Morgan fingerprint density at radius 1 is 1.03 bits per heavy atom. The van der Waals surface area contributed by atoms with E-state index in [4.69, 9.17) is 4.74 Å². The summed E-state index contributed by atoms with van der Waals surface area (Å²) in [7, 11) is 3.19. The standard InChI is InChI=1S/C23H28N4O5/c1-26-11-3-4-19(22(26)30)23(31)27-12-9-17(10-13-27)15-25-21(29)20(28)24-14-16-5-7-18(32-2)8-6-16/h3-8,11,17H,9-10,12-15H2,1-2H3,(H,24,28)(H,25,29). The quantitative estimate of drug-likeness (QED) is 0.642. The Kier molecular flexibility index (Phi) is 7.64. The van der Waals surface area contributed by atoms with Crippen LogP contribution in [0.4, 0.5) is 0 Å². The highest BCUT2D eigenvalue weighted by molar-refractivity contribution is 6.35. The summed E-state index contributed by atoms with van der Waals surface area (Å²) in [5, 5.41) is 5.27. The molecule has 1 aromatic heterocycles. The van der Waals surface area contributed by atoms with Crippen molar-refractivity contribution in [1.29, 1.82) is 0 Å². The van der Waals surface area contributed by atoms with Gasteiger partial charge >= 0.3 is 11.8 Å². The van der Waals surface area contributed by atoms with Crippen molar-refractivity contribution >= 4 is 17.7 Å². The lowest BCUT2D eigenvalue weighted by Crippen LogP contribution is -2.45. The number of hydrogen-bond acceptors (Lipinski definition) is 5. The maximum Gasteiger partial charge on any atom is 0.309 e. The maximum absolute atomic E-state index is 12.6. The predicted molar refractivity (Wildman–Crippen MR) is 118 cm³/mol. The van der Waals surface area contributed by atoms with Crippen molar-refractivity contribution in [2.45, 2.75) is 19.4 Å². The minimum absolute atomic E-state index is 0.162. The molecule has 0 aliphatic carbocycles. The molecular formula is C23H28N4O5. The monoisotopic (exact) mass is 440 g/mol. The summed E-state index contributed by atoms with van der Waals surface area (Å²) in [4.78, 5) is 50.6. The number of rotatable bonds is 6. The van der Waals surface area contributed by atoms with E-state index in [1.54, 1.807) is 49.5 Å². The fourth-order valence-electron chi connectivity index (χ4n) is 3.59. The first-order chi connectivity index (χ1) is 15.4. The van der Waals surface area contributed by atoms with E-state index in [0.29, 0.717) is 32.5 Å². The third-order valence-corrected chi connectivity index (χ3v) is 5.63. The first-order valence-electron chi connectivity index (χ1n) is 10.5. The van der Waals surface area contributed by atoms with Crippen molar-refractivity contribution in [1.82, 2.24) is 20.1 Å². The van der Waals surface area contributed by atoms with Crippen LogP contribution in [0.15, 0.2) is 47.4 Å². The van der Waals surface area contributed by atoms with Gasteiger partial charge in [0.05, 0.1) is 7.11 Å². The van der Waals surface area contributed by atoms with Crippen molar-refractivity contribution in [3.8, 4) is 5.75 Å². The number of amides is 3. The Bertz CT molecular complexity index is 1020. The summed E-state index contributed by atoms with van der Waals surface area (Å²) in [5.41, 5.74) is 0.708. The number of carbonyl (C=O) groups excluding carboxylic acids is 3. The third kappa shape index (κ3) is 5.75. The molecule has 0 atom stereocenters. The van der Waals surface area contributed by atoms with E-state index in [2.05, 4.69) is 10.6 Å². The van der Waals surface area contributed by atoms with Crippen LogP contribution in [0.2, 0.25) is 0 Å². The van der Waals surface area contributed by atoms with Gasteiger partial charge < -0.3 is 24.8 Å². The second kappa shape index (κ2) is 10.6. The maximum atomic E-state index is 12.6. The van der Waals surface area contributed by atoms with Gasteiger partial charge in [-0.2, -0.15) is 0 Å². The molecule has 3 rings (SSSR count). The summed E-state index contributed by atoms with van der Waals surface area (Å²) in [5.74, 6) is -0.752. The highest BCUT2D eigenvalue weighted by Gasteiger charge is 2.26. The fourth-order valence-corrected chi connectivity index (χ4v) is 3.59. The summed E-state index contributed by atoms with van der Waals surface area (Å²) in [6.45, 7) is 1.61. The van der Waals surface area contributed by atoms with Gasteiger partial charge in [0.25, 0.3) is 11.5 Å². The molecular weight excluding hydrogens is 412 g/mol. The number of methoxy groups -OCH3 is 1. The lowest BCUT2D eigenvalue weighted by Gasteiger charge is -2.32. The SMILES string of the molecule is COc1ccc(CNC(=O)C(=O)NCC2CCN(C(=O)c3cccn(C)c3=O)CC2)cc1. The Morgan fingerprint density at radius 3 is 2.34 bits per heavy atom. The number of likely N-dealkylation sites (tertiary alicyclic amines) is 1. The van der Waals surface area contributed by atoms with Crippen LogP contribution in [-0.4, -0.2) is 53.9 Å². The molecule has 1 fully saturated rings. The van der Waals surface area contributed by atoms with E-state index in [-0.39, 0.29) is 29.5 Å². The minimum Gasteiger partial charge on any atom is -0.497 e. The number of piperidine rings is 1. The number of aromatic nitrogens is 1. The number of nitrogens with one attached hydrogen (secondary N) is 2. The molecule has 32 heavy (non-hydrogen) atoms. The molecule has 0 saturated carbocycles. The van der Waals surface area contributed by atoms with E-state index in [0.717, 1.165) is 11.3 Å². The van der Waals surface area contributed by atoms with Crippen LogP contribution in [0.25, 0.3) is 0 Å². The van der Waals surface area contributed by atoms with Crippen molar-refractivity contribution in [3.05, 3.63) is 64.1 Å². The van der Waals surface area contributed by atoms with Gasteiger partial charge in [-0.25, -0.2) is 0 Å². The highest BCUT2D eigenvalue weighted by Crippen LogP contribution is 2.18. The van der Waals surface area contributed by atoms with Crippen molar-refractivity contribution in [3.63, 3.8) is 0 Å². The molecule has 9 heteroatoms. The molecule has 1 aromatic carbocycles. The summed E-state index contributed by atoms with van der Waals surface area (Å²) in [6, 6.07) is 10.4. The number of ether oxygens (including phenoxy) is 1. The van der Waals surface area contributed by atoms with Crippen LogP contribution in [0.3, 0.4) is 0 Å². The molecule has 1 aliphatic rings. The fraction of sp³-hybridized carbons (Fsp3) is 0.391. The third-order valence-electron chi connectivity index (χ3n) is 5.63. The molecule has 0 radical (unpaired) electrons. The minimum atomic E-state index is -0.687. The van der Waals surface area contributed by atoms with Gasteiger partial charge in [0, 0.05) is 39.4 Å². The molecule has 2 N–H and O–H groups in total. The number of carbonyl (C=O) groups is 3. The zero-order valence-corrected chi connectivity index (χ0v) is 18.3. The zero-order chi connectivity index (χ0) is 23.1. The molecule has 0 spiro atoms. The Labute approximate surface area is 186 Å². The van der Waals surface area contributed by atoms with Gasteiger partial charge in [0.2, 0.25) is 0 Å². The molecule has 1 saturated heterocycles.